The molecule has 3 nitrogen and oxygen atoms in total. The number of amides is 1. The van der Waals surface area contributed by atoms with E-state index < -0.39 is 0 Å². The number of carbonyl (C=O) groups is 1. The van der Waals surface area contributed by atoms with Crippen LogP contribution in [-0.4, -0.2) is 47.5 Å². The largest absolute Gasteiger partial charge is 0.338 e. The first-order valence-electron chi connectivity index (χ1n) is 7.71. The average Bonchev–Trinajstić information content (AvgIpc) is 2.42. The summed E-state index contributed by atoms with van der Waals surface area (Å²) >= 11 is 1.99. The molecule has 2 aliphatic rings. The molecule has 0 aromatic heterocycles. The van der Waals surface area contributed by atoms with E-state index in [1.54, 1.807) is 0 Å². The minimum Gasteiger partial charge on any atom is -0.338 e. The van der Waals surface area contributed by atoms with Crippen LogP contribution in [0.4, 0.5) is 0 Å². The molecule has 19 heavy (non-hydrogen) atoms. The molecule has 0 spiro atoms. The van der Waals surface area contributed by atoms with Gasteiger partial charge in [0.15, 0.2) is 0 Å². The van der Waals surface area contributed by atoms with Crippen molar-refractivity contribution in [2.75, 3.05) is 25.4 Å². The van der Waals surface area contributed by atoms with Gasteiger partial charge in [0.25, 0.3) is 0 Å². The summed E-state index contributed by atoms with van der Waals surface area (Å²) in [7, 11) is 0. The van der Waals surface area contributed by atoms with E-state index in [0.717, 1.165) is 37.7 Å². The van der Waals surface area contributed by atoms with Gasteiger partial charge in [-0.3, -0.25) is 4.79 Å². The standard InChI is InChI=1S/C15H28N2OS/c1-11(14-4-6-16-7-5-14)10-15(18)17-8-9-19-13(3)12(17)2/h11-14,16H,4-10H2,1-3H3. The Morgan fingerprint density at radius 3 is 2.74 bits per heavy atom. The third-order valence-electron chi connectivity index (χ3n) is 4.89. The van der Waals surface area contributed by atoms with Gasteiger partial charge in [-0.05, 0) is 44.7 Å². The lowest BCUT2D eigenvalue weighted by Crippen LogP contribution is -2.48. The molecule has 0 bridgehead atoms. The molecule has 1 N–H and O–H groups in total. The number of nitrogens with zero attached hydrogens (tertiary/aromatic N) is 1. The predicted octanol–water partition coefficient (Wildman–Crippen LogP) is 2.36. The first-order valence-corrected chi connectivity index (χ1v) is 8.76. The zero-order chi connectivity index (χ0) is 13.8. The molecule has 3 atom stereocenters. The average molecular weight is 284 g/mol. The molecule has 110 valence electrons. The smallest absolute Gasteiger partial charge is 0.223 e. The number of nitrogens with one attached hydrogen (secondary N) is 1. The molecule has 4 heteroatoms. The van der Waals surface area contributed by atoms with Crippen LogP contribution in [0.25, 0.3) is 0 Å². The first kappa shape index (κ1) is 15.2. The van der Waals surface area contributed by atoms with Crippen molar-refractivity contribution in [3.8, 4) is 0 Å². The fourth-order valence-electron chi connectivity index (χ4n) is 3.26. The summed E-state index contributed by atoms with van der Waals surface area (Å²) in [4.78, 5) is 14.6. The van der Waals surface area contributed by atoms with Gasteiger partial charge in [-0.15, -0.1) is 0 Å². The number of rotatable bonds is 3. The quantitative estimate of drug-likeness (QED) is 0.863. The van der Waals surface area contributed by atoms with Gasteiger partial charge in [-0.25, -0.2) is 0 Å². The van der Waals surface area contributed by atoms with Crippen LogP contribution in [-0.2, 0) is 4.79 Å². The number of thioether (sulfide) groups is 1. The van der Waals surface area contributed by atoms with Crippen molar-refractivity contribution < 1.29 is 4.79 Å². The van der Waals surface area contributed by atoms with E-state index in [-0.39, 0.29) is 0 Å². The Morgan fingerprint density at radius 1 is 1.37 bits per heavy atom. The number of carbonyl (C=O) groups excluding carboxylic acids is 1. The summed E-state index contributed by atoms with van der Waals surface area (Å²) in [6.07, 6.45) is 3.21. The minimum atomic E-state index is 0.380. The zero-order valence-corrected chi connectivity index (χ0v) is 13.3. The van der Waals surface area contributed by atoms with Crippen LogP contribution in [0.1, 0.15) is 40.0 Å². The lowest BCUT2D eigenvalue weighted by atomic mass is 9.84. The Kier molecular flexibility index (Phi) is 5.58. The van der Waals surface area contributed by atoms with Crippen molar-refractivity contribution in [2.24, 2.45) is 11.8 Å². The van der Waals surface area contributed by atoms with Crippen LogP contribution in [0.3, 0.4) is 0 Å². The molecule has 0 aromatic rings. The van der Waals surface area contributed by atoms with Crippen LogP contribution < -0.4 is 5.32 Å². The van der Waals surface area contributed by atoms with Crippen LogP contribution in [0, 0.1) is 11.8 Å². The highest BCUT2D eigenvalue weighted by Crippen LogP contribution is 2.28. The second kappa shape index (κ2) is 6.98. The lowest BCUT2D eigenvalue weighted by molar-refractivity contribution is -0.134. The third kappa shape index (κ3) is 3.88. The normalized spacial score (nSPS) is 31.2. The van der Waals surface area contributed by atoms with Gasteiger partial charge >= 0.3 is 0 Å². The molecule has 1 amide bonds. The Morgan fingerprint density at radius 2 is 2.05 bits per heavy atom. The highest BCUT2D eigenvalue weighted by atomic mass is 32.2. The van der Waals surface area contributed by atoms with E-state index >= 15 is 0 Å². The molecular weight excluding hydrogens is 256 g/mol. The molecule has 3 unspecified atom stereocenters. The Bertz CT molecular complexity index is 305. The Hall–Kier alpha value is -0.220. The van der Waals surface area contributed by atoms with Crippen molar-refractivity contribution in [1.82, 2.24) is 10.2 Å². The summed E-state index contributed by atoms with van der Waals surface area (Å²) in [6.45, 7) is 9.89. The van der Waals surface area contributed by atoms with E-state index in [2.05, 4.69) is 31.0 Å². The molecule has 0 radical (unpaired) electrons. The topological polar surface area (TPSA) is 32.3 Å². The lowest BCUT2D eigenvalue weighted by Gasteiger charge is -2.38. The summed E-state index contributed by atoms with van der Waals surface area (Å²) in [5, 5.41) is 3.98. The summed E-state index contributed by atoms with van der Waals surface area (Å²) in [5.41, 5.74) is 0. The minimum absolute atomic E-state index is 0.380. The van der Waals surface area contributed by atoms with E-state index in [1.807, 2.05) is 11.8 Å². The van der Waals surface area contributed by atoms with Crippen LogP contribution >= 0.6 is 11.8 Å². The molecule has 0 saturated carbocycles. The fraction of sp³-hybridized carbons (Fsp3) is 0.933. The van der Waals surface area contributed by atoms with E-state index in [0.29, 0.717) is 23.1 Å². The summed E-state index contributed by atoms with van der Waals surface area (Å²) in [6, 6.07) is 0.395. The van der Waals surface area contributed by atoms with Crippen molar-refractivity contribution in [3.05, 3.63) is 0 Å². The molecule has 2 fully saturated rings. The van der Waals surface area contributed by atoms with Crippen LogP contribution in [0.5, 0.6) is 0 Å². The second-order valence-electron chi connectivity index (χ2n) is 6.17. The molecule has 0 aliphatic carbocycles. The number of piperidine rings is 1. The SMILES string of the molecule is CC(CC(=O)N1CCSC(C)C1C)C1CCNCC1. The summed E-state index contributed by atoms with van der Waals surface area (Å²) < 4.78 is 0. The van der Waals surface area contributed by atoms with Crippen LogP contribution in [0.2, 0.25) is 0 Å². The van der Waals surface area contributed by atoms with Gasteiger partial charge in [0, 0.05) is 30.0 Å². The molecule has 2 rings (SSSR count). The van der Waals surface area contributed by atoms with Gasteiger partial charge in [0.2, 0.25) is 5.91 Å². The van der Waals surface area contributed by atoms with Gasteiger partial charge in [0.1, 0.15) is 0 Å². The first-order chi connectivity index (χ1) is 9.09. The Labute approximate surface area is 121 Å². The maximum atomic E-state index is 12.5. The van der Waals surface area contributed by atoms with Crippen molar-refractivity contribution in [3.63, 3.8) is 0 Å². The number of hydrogen-bond donors (Lipinski definition) is 1. The molecule has 2 heterocycles. The van der Waals surface area contributed by atoms with E-state index in [9.17, 15) is 4.79 Å². The fourth-order valence-corrected chi connectivity index (χ4v) is 4.36. The monoisotopic (exact) mass is 284 g/mol. The van der Waals surface area contributed by atoms with Crippen molar-refractivity contribution in [1.29, 1.82) is 0 Å². The van der Waals surface area contributed by atoms with E-state index in [1.165, 1.54) is 12.8 Å². The number of hydrogen-bond acceptors (Lipinski definition) is 3. The van der Waals surface area contributed by atoms with Gasteiger partial charge in [0.05, 0.1) is 0 Å². The highest BCUT2D eigenvalue weighted by molar-refractivity contribution is 8.00. The maximum Gasteiger partial charge on any atom is 0.223 e. The zero-order valence-electron chi connectivity index (χ0n) is 12.5. The Balaban J connectivity index is 1.85. The third-order valence-corrected chi connectivity index (χ3v) is 6.23. The van der Waals surface area contributed by atoms with Gasteiger partial charge in [-0.2, -0.15) is 11.8 Å². The maximum absolute atomic E-state index is 12.5. The van der Waals surface area contributed by atoms with Crippen molar-refractivity contribution >= 4 is 17.7 Å². The molecule has 0 aromatic carbocycles. The van der Waals surface area contributed by atoms with Gasteiger partial charge in [-0.1, -0.05) is 13.8 Å². The highest BCUT2D eigenvalue weighted by Gasteiger charge is 2.30. The van der Waals surface area contributed by atoms with Crippen molar-refractivity contribution in [2.45, 2.75) is 51.3 Å². The molecular formula is C15H28N2OS. The molecule has 2 saturated heterocycles. The molecule has 2 aliphatic heterocycles. The van der Waals surface area contributed by atoms with Crippen LogP contribution in [0.15, 0.2) is 0 Å². The second-order valence-corrected chi connectivity index (χ2v) is 7.66. The van der Waals surface area contributed by atoms with Gasteiger partial charge < -0.3 is 10.2 Å². The predicted molar refractivity (Wildman–Crippen MR) is 82.5 cm³/mol. The summed E-state index contributed by atoms with van der Waals surface area (Å²) in [5.74, 6) is 2.74. The van der Waals surface area contributed by atoms with E-state index in [4.69, 9.17) is 0 Å².